The molecule has 138 valence electrons. The summed E-state index contributed by atoms with van der Waals surface area (Å²) in [5.74, 6) is -0.207. The van der Waals surface area contributed by atoms with E-state index in [2.05, 4.69) is 5.32 Å². The number of rotatable bonds is 4. The Labute approximate surface area is 166 Å². The maximum absolute atomic E-state index is 12.3. The monoisotopic (exact) mass is 388 g/mol. The molecule has 1 aliphatic heterocycles. The van der Waals surface area contributed by atoms with E-state index in [1.54, 1.807) is 18.2 Å². The van der Waals surface area contributed by atoms with Gasteiger partial charge < -0.3 is 5.32 Å². The van der Waals surface area contributed by atoms with Crippen LogP contribution in [-0.2, 0) is 4.79 Å². The van der Waals surface area contributed by atoms with Gasteiger partial charge in [0.05, 0.1) is 9.82 Å². The molecule has 6 heteroatoms. The molecule has 0 saturated heterocycles. The maximum atomic E-state index is 12.3. The number of anilines is 1. The lowest BCUT2D eigenvalue weighted by atomic mass is 10.0. The molecule has 1 N–H and O–H groups in total. The van der Waals surface area contributed by atoms with E-state index < -0.39 is 0 Å². The quantitative estimate of drug-likeness (QED) is 0.361. The SMILES string of the molecule is Cc1ccc(Sc2ccc(/C=C3/C(=O)Nc4ccccc43)cc2[N+](=O)[O-])cc1. The Balaban J connectivity index is 1.70. The maximum Gasteiger partial charge on any atom is 0.283 e. The fourth-order valence-electron chi connectivity index (χ4n) is 3.04. The number of nitro benzene ring substituents is 1. The van der Waals surface area contributed by atoms with Gasteiger partial charge >= 0.3 is 0 Å². The van der Waals surface area contributed by atoms with Gasteiger partial charge in [-0.15, -0.1) is 0 Å². The summed E-state index contributed by atoms with van der Waals surface area (Å²) in [6, 6.07) is 20.3. The fourth-order valence-corrected chi connectivity index (χ4v) is 3.94. The van der Waals surface area contributed by atoms with Gasteiger partial charge in [-0.25, -0.2) is 0 Å². The van der Waals surface area contributed by atoms with Crippen LogP contribution in [0.5, 0.6) is 0 Å². The Morgan fingerprint density at radius 2 is 1.79 bits per heavy atom. The molecular formula is C22H16N2O3S. The topological polar surface area (TPSA) is 72.2 Å². The van der Waals surface area contributed by atoms with Gasteiger partial charge in [-0.05, 0) is 42.8 Å². The number of para-hydroxylation sites is 1. The van der Waals surface area contributed by atoms with Crippen molar-refractivity contribution in [1.82, 2.24) is 0 Å². The number of hydrogen-bond acceptors (Lipinski definition) is 4. The summed E-state index contributed by atoms with van der Waals surface area (Å²) in [7, 11) is 0. The number of nitrogens with zero attached hydrogens (tertiary/aromatic N) is 1. The molecule has 0 aromatic heterocycles. The standard InChI is InChI=1S/C22H16N2O3S/c1-14-6-9-16(10-7-14)28-21-11-8-15(13-20(21)24(26)27)12-18-17-4-2-3-5-19(17)23-22(18)25/h2-13H,1H3,(H,23,25)/b18-12+. The zero-order valence-corrected chi connectivity index (χ0v) is 15.8. The van der Waals surface area contributed by atoms with Crippen LogP contribution in [0.4, 0.5) is 11.4 Å². The lowest BCUT2D eigenvalue weighted by molar-refractivity contribution is -0.387. The van der Waals surface area contributed by atoms with Gasteiger partial charge in [0, 0.05) is 27.8 Å². The molecular weight excluding hydrogens is 372 g/mol. The van der Waals surface area contributed by atoms with Gasteiger partial charge in [0.1, 0.15) is 0 Å². The van der Waals surface area contributed by atoms with Crippen LogP contribution in [0.1, 0.15) is 16.7 Å². The predicted octanol–water partition coefficient (Wildman–Crippen LogP) is 5.55. The molecule has 1 amide bonds. The third-order valence-corrected chi connectivity index (χ3v) is 5.52. The van der Waals surface area contributed by atoms with Crippen LogP contribution in [0.15, 0.2) is 76.5 Å². The van der Waals surface area contributed by atoms with Crippen LogP contribution in [0.3, 0.4) is 0 Å². The van der Waals surface area contributed by atoms with Gasteiger partial charge in [0.15, 0.2) is 0 Å². The van der Waals surface area contributed by atoms with Crippen molar-refractivity contribution in [3.8, 4) is 0 Å². The molecule has 0 saturated carbocycles. The first-order chi connectivity index (χ1) is 13.5. The molecule has 3 aromatic rings. The number of benzene rings is 3. The smallest absolute Gasteiger partial charge is 0.283 e. The molecule has 0 radical (unpaired) electrons. The van der Waals surface area contributed by atoms with E-state index in [4.69, 9.17) is 0 Å². The summed E-state index contributed by atoms with van der Waals surface area (Å²) in [5.41, 5.74) is 3.82. The Morgan fingerprint density at radius 3 is 2.54 bits per heavy atom. The first kappa shape index (κ1) is 18.0. The molecule has 28 heavy (non-hydrogen) atoms. The fraction of sp³-hybridized carbons (Fsp3) is 0.0455. The third kappa shape index (κ3) is 3.54. The highest BCUT2D eigenvalue weighted by Crippen LogP contribution is 2.37. The number of carbonyl (C=O) groups excluding carboxylic acids is 1. The third-order valence-electron chi connectivity index (χ3n) is 4.45. The highest BCUT2D eigenvalue weighted by molar-refractivity contribution is 7.99. The molecule has 5 nitrogen and oxygen atoms in total. The zero-order valence-electron chi connectivity index (χ0n) is 15.0. The van der Waals surface area contributed by atoms with Crippen molar-refractivity contribution in [1.29, 1.82) is 0 Å². The average molecular weight is 388 g/mol. The number of hydrogen-bond donors (Lipinski definition) is 1. The van der Waals surface area contributed by atoms with Crippen molar-refractivity contribution in [3.63, 3.8) is 0 Å². The van der Waals surface area contributed by atoms with Gasteiger partial charge in [0.2, 0.25) is 0 Å². The van der Waals surface area contributed by atoms with E-state index in [0.717, 1.165) is 21.7 Å². The minimum Gasteiger partial charge on any atom is -0.321 e. The first-order valence-corrected chi connectivity index (χ1v) is 9.48. The second-order valence-electron chi connectivity index (χ2n) is 6.46. The van der Waals surface area contributed by atoms with Crippen molar-refractivity contribution in [2.75, 3.05) is 5.32 Å². The summed E-state index contributed by atoms with van der Waals surface area (Å²) >= 11 is 1.35. The number of nitro groups is 1. The van der Waals surface area contributed by atoms with Gasteiger partial charge in [0.25, 0.3) is 11.6 Å². The summed E-state index contributed by atoms with van der Waals surface area (Å²) in [6.45, 7) is 2.00. The molecule has 0 atom stereocenters. The average Bonchev–Trinajstić information content (AvgIpc) is 3.00. The Hall–Kier alpha value is -3.38. The normalized spacial score (nSPS) is 14.0. The van der Waals surface area contributed by atoms with Crippen LogP contribution in [0, 0.1) is 17.0 Å². The predicted molar refractivity (Wildman–Crippen MR) is 111 cm³/mol. The van der Waals surface area contributed by atoms with E-state index in [0.29, 0.717) is 16.0 Å². The first-order valence-electron chi connectivity index (χ1n) is 8.67. The molecule has 4 rings (SSSR count). The number of carbonyl (C=O) groups is 1. The minimum atomic E-state index is -0.388. The van der Waals surface area contributed by atoms with Crippen LogP contribution < -0.4 is 5.32 Å². The largest absolute Gasteiger partial charge is 0.321 e. The summed E-state index contributed by atoms with van der Waals surface area (Å²) < 4.78 is 0. The second kappa shape index (κ2) is 7.32. The molecule has 0 aliphatic carbocycles. The van der Waals surface area contributed by atoms with E-state index in [-0.39, 0.29) is 16.5 Å². The number of amides is 1. The van der Waals surface area contributed by atoms with Crippen molar-refractivity contribution < 1.29 is 9.72 Å². The summed E-state index contributed by atoms with van der Waals surface area (Å²) in [5, 5.41) is 14.4. The molecule has 1 heterocycles. The molecule has 1 aliphatic rings. The van der Waals surface area contributed by atoms with Crippen LogP contribution in [0.25, 0.3) is 11.6 Å². The number of aryl methyl sites for hydroxylation is 1. The summed E-state index contributed by atoms with van der Waals surface area (Å²) in [4.78, 5) is 25.0. The van der Waals surface area contributed by atoms with Crippen LogP contribution in [0.2, 0.25) is 0 Å². The lowest BCUT2D eigenvalue weighted by Crippen LogP contribution is -2.03. The van der Waals surface area contributed by atoms with Crippen molar-refractivity contribution in [2.45, 2.75) is 16.7 Å². The molecule has 0 spiro atoms. The van der Waals surface area contributed by atoms with Crippen LogP contribution >= 0.6 is 11.8 Å². The highest BCUT2D eigenvalue weighted by atomic mass is 32.2. The molecule has 3 aromatic carbocycles. The Bertz CT molecular complexity index is 1120. The zero-order chi connectivity index (χ0) is 19.7. The van der Waals surface area contributed by atoms with E-state index in [1.807, 2.05) is 55.5 Å². The van der Waals surface area contributed by atoms with Gasteiger partial charge in [-0.3, -0.25) is 14.9 Å². The van der Waals surface area contributed by atoms with Crippen LogP contribution in [-0.4, -0.2) is 10.8 Å². The second-order valence-corrected chi connectivity index (χ2v) is 7.57. The molecule has 0 fully saturated rings. The highest BCUT2D eigenvalue weighted by Gasteiger charge is 2.24. The molecule has 0 bridgehead atoms. The number of fused-ring (bicyclic) bond motifs is 1. The minimum absolute atomic E-state index is 0.0200. The van der Waals surface area contributed by atoms with Crippen molar-refractivity contribution in [3.05, 3.63) is 93.5 Å². The summed E-state index contributed by atoms with van der Waals surface area (Å²) in [6.07, 6.45) is 1.69. The van der Waals surface area contributed by atoms with Crippen molar-refractivity contribution >= 4 is 40.7 Å². The van der Waals surface area contributed by atoms with Gasteiger partial charge in [-0.1, -0.05) is 53.7 Å². The Kier molecular flexibility index (Phi) is 4.71. The van der Waals surface area contributed by atoms with E-state index >= 15 is 0 Å². The lowest BCUT2D eigenvalue weighted by Gasteiger charge is -2.05. The van der Waals surface area contributed by atoms with E-state index in [1.165, 1.54) is 17.8 Å². The van der Waals surface area contributed by atoms with E-state index in [9.17, 15) is 14.9 Å². The van der Waals surface area contributed by atoms with Gasteiger partial charge in [-0.2, -0.15) is 0 Å². The molecule has 0 unspecified atom stereocenters. The number of nitrogens with one attached hydrogen (secondary N) is 1. The van der Waals surface area contributed by atoms with Crippen molar-refractivity contribution in [2.24, 2.45) is 0 Å². The Morgan fingerprint density at radius 1 is 1.04 bits per heavy atom.